The molecule has 0 saturated carbocycles. The van der Waals surface area contributed by atoms with Crippen LogP contribution in [0.25, 0.3) is 66.1 Å². The van der Waals surface area contributed by atoms with E-state index in [1.54, 1.807) is 6.07 Å². The molecule has 9 aromatic rings. The third-order valence-electron chi connectivity index (χ3n) is 9.87. The van der Waals surface area contributed by atoms with E-state index in [4.69, 9.17) is 0 Å². The van der Waals surface area contributed by atoms with Crippen LogP contribution >= 0.6 is 0 Å². The maximum Gasteiger partial charge on any atom is 0.142 e. The van der Waals surface area contributed by atoms with Crippen LogP contribution in [0.2, 0.25) is 0 Å². The highest BCUT2D eigenvalue weighted by atomic mass is 15.2. The molecule has 1 heterocycles. The smallest absolute Gasteiger partial charge is 0.142 e. The number of rotatable bonds is 7. The fourth-order valence-electron chi connectivity index (χ4n) is 7.49. The Morgan fingerprint density at radius 3 is 1.30 bits per heavy atom. The van der Waals surface area contributed by atoms with E-state index < -0.39 is 0 Å². The summed E-state index contributed by atoms with van der Waals surface area (Å²) in [6.07, 6.45) is 0. The average molecular weight is 676 g/mol. The number of nitriles is 1. The molecule has 0 unspecified atom stereocenters. The first-order valence-corrected chi connectivity index (χ1v) is 17.8. The van der Waals surface area contributed by atoms with E-state index in [2.05, 4.69) is 180 Å². The fraction of sp³-hybridized carbons (Fsp3) is 0. The van der Waals surface area contributed by atoms with Crippen LogP contribution in [0, 0.1) is 11.3 Å². The second-order valence-electron chi connectivity index (χ2n) is 13.1. The van der Waals surface area contributed by atoms with Gasteiger partial charge in [0.25, 0.3) is 0 Å². The topological polar surface area (TPSA) is 39.9 Å². The summed E-state index contributed by atoms with van der Waals surface area (Å²) in [7, 11) is 0. The number of hydrogen-bond acceptors (Lipinski definition) is 3. The Labute approximate surface area is 309 Å². The molecule has 9 rings (SSSR count). The van der Waals surface area contributed by atoms with Crippen LogP contribution in [0.3, 0.4) is 0 Å². The summed E-state index contributed by atoms with van der Waals surface area (Å²) in [5.74, 6) is 0.691. The number of nitrogens with zero attached hydrogens (tertiary/aromatic N) is 3. The lowest BCUT2D eigenvalue weighted by Crippen LogP contribution is -2.11. The number of fused-ring (bicyclic) bond motifs is 2. The van der Waals surface area contributed by atoms with E-state index in [9.17, 15) is 5.26 Å². The van der Waals surface area contributed by atoms with Crippen molar-refractivity contribution in [3.05, 3.63) is 206 Å². The molecule has 248 valence electrons. The van der Waals surface area contributed by atoms with Gasteiger partial charge in [0.05, 0.1) is 0 Å². The zero-order chi connectivity index (χ0) is 35.6. The zero-order valence-corrected chi connectivity index (χ0v) is 28.9. The minimum absolute atomic E-state index is 0.378. The van der Waals surface area contributed by atoms with Gasteiger partial charge in [-0.05, 0) is 121 Å². The highest BCUT2D eigenvalue weighted by Crippen LogP contribution is 2.46. The number of para-hydroxylation sites is 1. The van der Waals surface area contributed by atoms with E-state index in [1.807, 2.05) is 30.3 Å². The lowest BCUT2D eigenvalue weighted by Gasteiger charge is -2.25. The summed E-state index contributed by atoms with van der Waals surface area (Å²) < 4.78 is 0. The molecular formula is C50H33N3. The molecule has 0 radical (unpaired) electrons. The first kappa shape index (κ1) is 31.7. The minimum atomic E-state index is 0.378. The van der Waals surface area contributed by atoms with Gasteiger partial charge in [0.15, 0.2) is 0 Å². The first-order valence-electron chi connectivity index (χ1n) is 17.8. The molecule has 0 aliphatic carbocycles. The summed E-state index contributed by atoms with van der Waals surface area (Å²) in [6.45, 7) is 0. The van der Waals surface area contributed by atoms with Gasteiger partial charge in [-0.2, -0.15) is 5.26 Å². The van der Waals surface area contributed by atoms with Crippen LogP contribution in [0.15, 0.2) is 200 Å². The van der Waals surface area contributed by atoms with Gasteiger partial charge in [0, 0.05) is 11.4 Å². The molecule has 0 bridgehead atoms. The standard InChI is InChI=1S/C50H33N3/c51-34-41-19-14-26-48(52-41)53(42-20-8-3-9-21-42)43-29-27-37(28-30-43)49-44-22-10-12-24-46(44)50(47-25-13-11-23-45(47)49)40-32-38(35-15-4-1-5-16-35)31-39(33-40)36-17-6-2-7-18-36/h1-33H. The monoisotopic (exact) mass is 675 g/mol. The van der Waals surface area contributed by atoms with Crippen molar-refractivity contribution in [3.63, 3.8) is 0 Å². The number of pyridine rings is 1. The van der Waals surface area contributed by atoms with Gasteiger partial charge in [0.2, 0.25) is 0 Å². The van der Waals surface area contributed by atoms with Crippen molar-refractivity contribution in [1.82, 2.24) is 4.98 Å². The summed E-state index contributed by atoms with van der Waals surface area (Å²) in [5, 5.41) is 14.4. The molecule has 0 aliphatic rings. The van der Waals surface area contributed by atoms with Crippen molar-refractivity contribution in [2.24, 2.45) is 0 Å². The van der Waals surface area contributed by atoms with Crippen molar-refractivity contribution in [1.29, 1.82) is 5.26 Å². The average Bonchev–Trinajstić information content (AvgIpc) is 3.24. The molecule has 0 N–H and O–H groups in total. The molecule has 8 aromatic carbocycles. The molecule has 0 fully saturated rings. The molecule has 0 atom stereocenters. The maximum absolute atomic E-state index is 9.61. The van der Waals surface area contributed by atoms with Crippen molar-refractivity contribution in [2.75, 3.05) is 4.90 Å². The molecule has 53 heavy (non-hydrogen) atoms. The Morgan fingerprint density at radius 1 is 0.358 bits per heavy atom. The van der Waals surface area contributed by atoms with Gasteiger partial charge in [-0.3, -0.25) is 4.90 Å². The van der Waals surface area contributed by atoms with E-state index in [-0.39, 0.29) is 0 Å². The lowest BCUT2D eigenvalue weighted by atomic mass is 9.84. The Bertz CT molecular complexity index is 2650. The predicted molar refractivity (Wildman–Crippen MR) is 220 cm³/mol. The lowest BCUT2D eigenvalue weighted by molar-refractivity contribution is 1.16. The Hall–Kier alpha value is -7.28. The van der Waals surface area contributed by atoms with E-state index in [1.165, 1.54) is 60.5 Å². The normalized spacial score (nSPS) is 11.0. The molecular weight excluding hydrogens is 643 g/mol. The van der Waals surface area contributed by atoms with Crippen molar-refractivity contribution in [2.45, 2.75) is 0 Å². The molecule has 3 heteroatoms. The maximum atomic E-state index is 9.61. The Morgan fingerprint density at radius 2 is 0.792 bits per heavy atom. The van der Waals surface area contributed by atoms with Gasteiger partial charge in [0.1, 0.15) is 17.6 Å². The second kappa shape index (κ2) is 13.8. The zero-order valence-electron chi connectivity index (χ0n) is 28.9. The molecule has 0 amide bonds. The third kappa shape index (κ3) is 5.99. The number of anilines is 3. The van der Waals surface area contributed by atoms with Gasteiger partial charge in [-0.15, -0.1) is 0 Å². The molecule has 3 nitrogen and oxygen atoms in total. The van der Waals surface area contributed by atoms with Crippen LogP contribution in [-0.4, -0.2) is 4.98 Å². The number of hydrogen-bond donors (Lipinski definition) is 0. The highest BCUT2D eigenvalue weighted by Gasteiger charge is 2.19. The summed E-state index contributed by atoms with van der Waals surface area (Å²) in [6, 6.07) is 72.5. The van der Waals surface area contributed by atoms with Crippen LogP contribution in [-0.2, 0) is 0 Å². The van der Waals surface area contributed by atoms with E-state index in [0.29, 0.717) is 11.5 Å². The molecule has 0 saturated heterocycles. The number of benzene rings is 8. The van der Waals surface area contributed by atoms with Gasteiger partial charge in [-0.25, -0.2) is 4.98 Å². The van der Waals surface area contributed by atoms with Crippen molar-refractivity contribution >= 4 is 38.7 Å². The van der Waals surface area contributed by atoms with E-state index >= 15 is 0 Å². The van der Waals surface area contributed by atoms with Crippen LogP contribution in [0.4, 0.5) is 17.2 Å². The first-order chi connectivity index (χ1) is 26.2. The van der Waals surface area contributed by atoms with Crippen molar-refractivity contribution in [3.8, 4) is 50.6 Å². The molecule has 0 aliphatic heterocycles. The third-order valence-corrected chi connectivity index (χ3v) is 9.87. The SMILES string of the molecule is N#Cc1cccc(N(c2ccccc2)c2ccc(-c3c4ccccc4c(-c4cc(-c5ccccc5)cc(-c5ccccc5)c4)c4ccccc34)cc2)n1. The van der Waals surface area contributed by atoms with Crippen molar-refractivity contribution < 1.29 is 0 Å². The molecule has 1 aromatic heterocycles. The summed E-state index contributed by atoms with van der Waals surface area (Å²) >= 11 is 0. The summed E-state index contributed by atoms with van der Waals surface area (Å²) in [5.41, 5.74) is 11.8. The van der Waals surface area contributed by atoms with Gasteiger partial charge >= 0.3 is 0 Å². The van der Waals surface area contributed by atoms with Crippen LogP contribution in [0.1, 0.15) is 5.69 Å². The highest BCUT2D eigenvalue weighted by molar-refractivity contribution is 6.21. The Balaban J connectivity index is 1.24. The minimum Gasteiger partial charge on any atom is -0.295 e. The van der Waals surface area contributed by atoms with Gasteiger partial charge in [-0.1, -0.05) is 146 Å². The predicted octanol–water partition coefficient (Wildman–Crippen LogP) is 13.4. The number of aromatic nitrogens is 1. The molecule has 0 spiro atoms. The Kier molecular flexibility index (Phi) is 8.25. The van der Waals surface area contributed by atoms with Crippen LogP contribution < -0.4 is 4.90 Å². The van der Waals surface area contributed by atoms with Crippen LogP contribution in [0.5, 0.6) is 0 Å². The van der Waals surface area contributed by atoms with Gasteiger partial charge < -0.3 is 0 Å². The second-order valence-corrected chi connectivity index (χ2v) is 13.1. The summed E-state index contributed by atoms with van der Waals surface area (Å²) in [4.78, 5) is 6.75. The largest absolute Gasteiger partial charge is 0.295 e. The van der Waals surface area contributed by atoms with E-state index in [0.717, 1.165) is 16.9 Å². The quantitative estimate of drug-likeness (QED) is 0.158. The fourth-order valence-corrected chi connectivity index (χ4v) is 7.49.